The van der Waals surface area contributed by atoms with Crippen LogP contribution in [0.2, 0.25) is 0 Å². The van der Waals surface area contributed by atoms with E-state index in [1.54, 1.807) is 0 Å². The number of aliphatic carboxylic acids is 1. The average Bonchev–Trinajstić information content (AvgIpc) is 2.88. The molecular formula is C6H4F6O6S2. The number of carboxylic acid groups (broad SMARTS) is 1. The number of hydrogen-bond donors (Lipinski definition) is 1. The molecule has 0 heterocycles. The van der Waals surface area contributed by atoms with Crippen molar-refractivity contribution in [3.05, 3.63) is 0 Å². The van der Waals surface area contributed by atoms with Gasteiger partial charge < -0.3 is 5.11 Å². The van der Waals surface area contributed by atoms with E-state index in [2.05, 4.69) is 0 Å². The van der Waals surface area contributed by atoms with E-state index in [-0.39, 0.29) is 0 Å². The number of carbonyl (C=O) groups is 1. The van der Waals surface area contributed by atoms with Gasteiger partial charge in [0, 0.05) is 0 Å². The Hall–Kier alpha value is -1.05. The third-order valence-electron chi connectivity index (χ3n) is 2.54. The molecule has 118 valence electrons. The number of sulfone groups is 2. The first-order valence-corrected chi connectivity index (χ1v) is 7.49. The van der Waals surface area contributed by atoms with Crippen LogP contribution in [-0.4, -0.2) is 49.4 Å². The Labute approximate surface area is 107 Å². The van der Waals surface area contributed by atoms with Gasteiger partial charge in [0.1, 0.15) is 10.5 Å². The molecule has 20 heavy (non-hydrogen) atoms. The van der Waals surface area contributed by atoms with Crippen molar-refractivity contribution in [2.45, 2.75) is 21.5 Å². The average molecular weight is 350 g/mol. The van der Waals surface area contributed by atoms with Gasteiger partial charge in [0.25, 0.3) is 19.7 Å². The molecule has 2 unspecified atom stereocenters. The molecule has 0 aromatic heterocycles. The van der Waals surface area contributed by atoms with Crippen molar-refractivity contribution >= 4 is 25.6 Å². The fraction of sp³-hybridized carbons (Fsp3) is 0.833. The van der Waals surface area contributed by atoms with Gasteiger partial charge >= 0.3 is 17.0 Å². The maximum Gasteiger partial charge on any atom is 0.497 e. The van der Waals surface area contributed by atoms with Gasteiger partial charge in [-0.05, 0) is 0 Å². The number of alkyl halides is 6. The van der Waals surface area contributed by atoms with Crippen LogP contribution in [0.4, 0.5) is 26.3 Å². The summed E-state index contributed by atoms with van der Waals surface area (Å²) < 4.78 is 117. The Balaban J connectivity index is 3.36. The molecule has 0 radical (unpaired) electrons. The van der Waals surface area contributed by atoms with Gasteiger partial charge in [0.05, 0.1) is 5.92 Å². The Bertz CT molecular complexity index is 578. The highest BCUT2D eigenvalue weighted by molar-refractivity contribution is 7.98. The lowest BCUT2D eigenvalue weighted by Gasteiger charge is -2.09. The predicted octanol–water partition coefficient (Wildman–Crippen LogP) is 0.307. The Morgan fingerprint density at radius 3 is 1.20 bits per heavy atom. The van der Waals surface area contributed by atoms with E-state index < -0.39 is 53.1 Å². The summed E-state index contributed by atoms with van der Waals surface area (Å²) >= 11 is 0. The Morgan fingerprint density at radius 1 is 0.800 bits per heavy atom. The fourth-order valence-corrected chi connectivity index (χ4v) is 5.39. The number of carboxylic acids is 1. The molecule has 0 aromatic carbocycles. The monoisotopic (exact) mass is 350 g/mol. The van der Waals surface area contributed by atoms with Crippen LogP contribution >= 0.6 is 0 Å². The normalized spacial score (nSPS) is 28.2. The minimum absolute atomic E-state index is 2.37. The third-order valence-corrected chi connectivity index (χ3v) is 6.61. The van der Waals surface area contributed by atoms with Crippen LogP contribution in [0.15, 0.2) is 0 Å². The molecule has 0 spiro atoms. The van der Waals surface area contributed by atoms with Crippen LogP contribution in [0.3, 0.4) is 0 Å². The molecule has 0 aromatic rings. The zero-order valence-corrected chi connectivity index (χ0v) is 10.4. The molecule has 1 aliphatic carbocycles. The molecule has 0 saturated heterocycles. The highest BCUT2D eigenvalue weighted by atomic mass is 32.2. The van der Waals surface area contributed by atoms with E-state index in [1.807, 2.05) is 0 Å². The summed E-state index contributed by atoms with van der Waals surface area (Å²) in [5.74, 6) is -5.19. The lowest BCUT2D eigenvalue weighted by atomic mass is 10.4. The van der Waals surface area contributed by atoms with Gasteiger partial charge in [0.15, 0.2) is 0 Å². The SMILES string of the molecule is O=C(O)C1C(S(=O)(=O)C(F)(F)F)C1S(=O)(=O)C(F)(F)F. The Morgan fingerprint density at radius 2 is 1.05 bits per heavy atom. The molecule has 1 rings (SSSR count). The number of halogens is 6. The molecule has 2 atom stereocenters. The van der Waals surface area contributed by atoms with Crippen LogP contribution in [0.5, 0.6) is 0 Å². The van der Waals surface area contributed by atoms with Gasteiger partial charge in [-0.1, -0.05) is 0 Å². The van der Waals surface area contributed by atoms with Crippen molar-refractivity contribution in [3.63, 3.8) is 0 Å². The zero-order chi connectivity index (χ0) is 16.3. The minimum Gasteiger partial charge on any atom is -0.481 e. The lowest BCUT2D eigenvalue weighted by Crippen LogP contribution is -2.34. The zero-order valence-electron chi connectivity index (χ0n) is 8.80. The van der Waals surface area contributed by atoms with E-state index in [4.69, 9.17) is 5.11 Å². The largest absolute Gasteiger partial charge is 0.497 e. The van der Waals surface area contributed by atoms with E-state index >= 15 is 0 Å². The molecule has 6 nitrogen and oxygen atoms in total. The number of hydrogen-bond acceptors (Lipinski definition) is 5. The van der Waals surface area contributed by atoms with Gasteiger partial charge in [-0.15, -0.1) is 0 Å². The maximum absolute atomic E-state index is 12.2. The summed E-state index contributed by atoms with van der Waals surface area (Å²) in [6.07, 6.45) is 0. The van der Waals surface area contributed by atoms with E-state index in [1.165, 1.54) is 0 Å². The summed E-state index contributed by atoms with van der Waals surface area (Å²) in [6, 6.07) is 0. The van der Waals surface area contributed by atoms with Crippen molar-refractivity contribution in [2.24, 2.45) is 5.92 Å². The van der Waals surface area contributed by atoms with E-state index in [9.17, 15) is 48.0 Å². The highest BCUT2D eigenvalue weighted by Gasteiger charge is 2.77. The first-order valence-electron chi connectivity index (χ1n) is 4.40. The van der Waals surface area contributed by atoms with Gasteiger partial charge in [-0.3, -0.25) is 4.79 Å². The standard InChI is InChI=1S/C6H4F6O6S2/c7-5(8,9)19(15,16)2-1(4(13)14)3(2)20(17,18)6(10,11)12/h1-3H,(H,13,14). The topological polar surface area (TPSA) is 106 Å². The summed E-state index contributed by atoms with van der Waals surface area (Å²) in [6.45, 7) is 0. The summed E-state index contributed by atoms with van der Waals surface area (Å²) in [4.78, 5) is 10.5. The van der Waals surface area contributed by atoms with Crippen LogP contribution in [0.25, 0.3) is 0 Å². The molecule has 1 saturated carbocycles. The molecule has 1 fully saturated rings. The number of rotatable bonds is 3. The molecule has 14 heteroatoms. The molecule has 0 amide bonds. The second kappa shape index (κ2) is 4.22. The second-order valence-corrected chi connectivity index (χ2v) is 7.97. The second-order valence-electron chi connectivity index (χ2n) is 3.77. The van der Waals surface area contributed by atoms with Crippen molar-refractivity contribution in [2.75, 3.05) is 0 Å². The van der Waals surface area contributed by atoms with Crippen LogP contribution in [-0.2, 0) is 24.5 Å². The van der Waals surface area contributed by atoms with Gasteiger partial charge in [-0.2, -0.15) is 26.3 Å². The van der Waals surface area contributed by atoms with Crippen molar-refractivity contribution in [1.29, 1.82) is 0 Å². The van der Waals surface area contributed by atoms with Crippen molar-refractivity contribution < 1.29 is 53.1 Å². The van der Waals surface area contributed by atoms with Crippen LogP contribution in [0, 0.1) is 5.92 Å². The van der Waals surface area contributed by atoms with Gasteiger partial charge in [-0.25, -0.2) is 16.8 Å². The predicted molar refractivity (Wildman–Crippen MR) is 48.7 cm³/mol. The van der Waals surface area contributed by atoms with Gasteiger partial charge in [0.2, 0.25) is 0 Å². The highest BCUT2D eigenvalue weighted by Crippen LogP contribution is 2.51. The first-order chi connectivity index (χ1) is 8.57. The quantitative estimate of drug-likeness (QED) is 0.735. The maximum atomic E-state index is 12.2. The molecule has 1 aliphatic rings. The minimum atomic E-state index is -6.35. The fourth-order valence-electron chi connectivity index (χ4n) is 1.59. The molecule has 0 aliphatic heterocycles. The smallest absolute Gasteiger partial charge is 0.481 e. The Kier molecular flexibility index (Phi) is 3.59. The summed E-state index contributed by atoms with van der Waals surface area (Å²) in [5.41, 5.74) is -12.1. The third kappa shape index (κ3) is 2.34. The van der Waals surface area contributed by atoms with E-state index in [0.29, 0.717) is 0 Å². The van der Waals surface area contributed by atoms with Crippen LogP contribution < -0.4 is 0 Å². The molecule has 1 N–H and O–H groups in total. The first kappa shape index (κ1) is 17.0. The van der Waals surface area contributed by atoms with Crippen molar-refractivity contribution in [3.8, 4) is 0 Å². The summed E-state index contributed by atoms with van der Waals surface area (Å²) in [7, 11) is -12.7. The lowest BCUT2D eigenvalue weighted by molar-refractivity contribution is -0.138. The summed E-state index contributed by atoms with van der Waals surface area (Å²) in [5, 5.41) is 1.98. The molecule has 0 bridgehead atoms. The van der Waals surface area contributed by atoms with Crippen molar-refractivity contribution in [1.82, 2.24) is 0 Å². The van der Waals surface area contributed by atoms with Crippen LogP contribution in [0.1, 0.15) is 0 Å². The molecular weight excluding hydrogens is 346 g/mol. The van der Waals surface area contributed by atoms with E-state index in [0.717, 1.165) is 0 Å².